The van der Waals surface area contributed by atoms with Gasteiger partial charge in [-0.3, -0.25) is 9.59 Å². The van der Waals surface area contributed by atoms with E-state index in [-0.39, 0.29) is 18.2 Å². The van der Waals surface area contributed by atoms with Crippen molar-refractivity contribution in [2.24, 2.45) is 0 Å². The molecule has 0 fully saturated rings. The summed E-state index contributed by atoms with van der Waals surface area (Å²) in [6.07, 6.45) is 0.327. The van der Waals surface area contributed by atoms with Crippen molar-refractivity contribution < 1.29 is 14.3 Å². The Bertz CT molecular complexity index is 781. The summed E-state index contributed by atoms with van der Waals surface area (Å²) in [5.74, 6) is 0.00244. The Labute approximate surface area is 162 Å². The van der Waals surface area contributed by atoms with Crippen molar-refractivity contribution in [3.05, 3.63) is 63.6 Å². The molecule has 2 aromatic rings. The van der Waals surface area contributed by atoms with Crippen LogP contribution in [-0.2, 0) is 22.6 Å². The van der Waals surface area contributed by atoms with Gasteiger partial charge in [0.15, 0.2) is 0 Å². The van der Waals surface area contributed by atoms with Crippen LogP contribution in [-0.4, -0.2) is 25.5 Å². The first-order chi connectivity index (χ1) is 12.5. The maximum Gasteiger partial charge on any atom is 0.229 e. The molecule has 7 heteroatoms. The van der Waals surface area contributed by atoms with Crippen LogP contribution in [0.2, 0.25) is 10.0 Å². The van der Waals surface area contributed by atoms with Gasteiger partial charge in [-0.05, 0) is 30.2 Å². The number of hydrogen-bond donors (Lipinski definition) is 2. The Hall–Kier alpha value is -2.24. The summed E-state index contributed by atoms with van der Waals surface area (Å²) in [5, 5.41) is 6.54. The van der Waals surface area contributed by atoms with E-state index in [9.17, 15) is 9.59 Å². The Morgan fingerprint density at radius 2 is 1.73 bits per heavy atom. The van der Waals surface area contributed by atoms with Crippen molar-refractivity contribution in [1.29, 1.82) is 0 Å². The lowest BCUT2D eigenvalue weighted by molar-refractivity contribution is -0.129. The van der Waals surface area contributed by atoms with Gasteiger partial charge in [0.1, 0.15) is 12.2 Å². The molecule has 0 bridgehead atoms. The molecular weight excluding hydrogens is 375 g/mol. The van der Waals surface area contributed by atoms with Crippen molar-refractivity contribution in [1.82, 2.24) is 10.6 Å². The van der Waals surface area contributed by atoms with Crippen molar-refractivity contribution in [2.75, 3.05) is 13.7 Å². The van der Waals surface area contributed by atoms with E-state index < -0.39 is 0 Å². The zero-order chi connectivity index (χ0) is 18.9. The number of carbonyl (C=O) groups excluding carboxylic acids is 2. The first-order valence-corrected chi connectivity index (χ1v) is 8.84. The third-order valence-electron chi connectivity index (χ3n) is 3.72. The van der Waals surface area contributed by atoms with Crippen LogP contribution in [0.1, 0.15) is 17.5 Å². The molecule has 0 aliphatic carbocycles. The van der Waals surface area contributed by atoms with Gasteiger partial charge in [-0.1, -0.05) is 47.5 Å². The number of ether oxygens (including phenoxy) is 1. The lowest BCUT2D eigenvalue weighted by Gasteiger charge is -2.10. The van der Waals surface area contributed by atoms with Crippen LogP contribution in [0.25, 0.3) is 0 Å². The maximum absolute atomic E-state index is 11.9. The summed E-state index contributed by atoms with van der Waals surface area (Å²) in [6, 6.07) is 12.6. The molecule has 138 valence electrons. The number of amides is 2. The standard InChI is InChI=1S/C19H20Cl2N2O3/c1-26-17-5-3-2-4-14(17)12-23-19(25)11-18(24)22-9-8-13-6-7-15(20)10-16(13)21/h2-7,10H,8-9,11-12H2,1H3,(H,22,24)(H,23,25). The second-order valence-corrected chi connectivity index (χ2v) is 6.44. The predicted molar refractivity (Wildman–Crippen MR) is 103 cm³/mol. The minimum atomic E-state index is -0.349. The molecule has 5 nitrogen and oxygen atoms in total. The van der Waals surface area contributed by atoms with Gasteiger partial charge in [-0.2, -0.15) is 0 Å². The van der Waals surface area contributed by atoms with Gasteiger partial charge in [-0.25, -0.2) is 0 Å². The molecule has 2 rings (SSSR count). The van der Waals surface area contributed by atoms with Crippen molar-refractivity contribution >= 4 is 35.0 Å². The quantitative estimate of drug-likeness (QED) is 0.674. The highest BCUT2D eigenvalue weighted by Crippen LogP contribution is 2.21. The number of carbonyl (C=O) groups is 2. The molecule has 0 saturated carbocycles. The van der Waals surface area contributed by atoms with Gasteiger partial charge >= 0.3 is 0 Å². The first-order valence-electron chi connectivity index (χ1n) is 8.09. The monoisotopic (exact) mass is 394 g/mol. The van der Waals surface area contributed by atoms with Gasteiger partial charge in [0, 0.05) is 28.7 Å². The summed E-state index contributed by atoms with van der Waals surface area (Å²) in [4.78, 5) is 23.8. The normalized spacial score (nSPS) is 10.3. The van der Waals surface area contributed by atoms with Gasteiger partial charge < -0.3 is 15.4 Å². The summed E-state index contributed by atoms with van der Waals surface area (Å²) in [5.41, 5.74) is 1.73. The van der Waals surface area contributed by atoms with E-state index in [0.717, 1.165) is 11.1 Å². The average molecular weight is 395 g/mol. The molecule has 0 unspecified atom stereocenters. The SMILES string of the molecule is COc1ccccc1CNC(=O)CC(=O)NCCc1ccc(Cl)cc1Cl. The van der Waals surface area contributed by atoms with Crippen molar-refractivity contribution in [2.45, 2.75) is 19.4 Å². The first kappa shape index (κ1) is 20.1. The fourth-order valence-electron chi connectivity index (χ4n) is 2.37. The lowest BCUT2D eigenvalue weighted by atomic mass is 10.1. The molecule has 0 spiro atoms. The average Bonchev–Trinajstić information content (AvgIpc) is 2.62. The highest BCUT2D eigenvalue weighted by Gasteiger charge is 2.10. The van der Waals surface area contributed by atoms with Crippen LogP contribution in [0.15, 0.2) is 42.5 Å². The smallest absolute Gasteiger partial charge is 0.229 e. The predicted octanol–water partition coefficient (Wildman–Crippen LogP) is 3.37. The fraction of sp³-hybridized carbons (Fsp3) is 0.263. The second kappa shape index (κ2) is 10.0. The third-order valence-corrected chi connectivity index (χ3v) is 4.31. The molecule has 0 saturated heterocycles. The number of benzene rings is 2. The van der Waals surface area contributed by atoms with E-state index in [4.69, 9.17) is 27.9 Å². The number of hydrogen-bond acceptors (Lipinski definition) is 3. The lowest BCUT2D eigenvalue weighted by Crippen LogP contribution is -2.32. The van der Waals surface area contributed by atoms with E-state index in [2.05, 4.69) is 10.6 Å². The number of nitrogens with one attached hydrogen (secondary N) is 2. The van der Waals surface area contributed by atoms with Gasteiger partial charge in [-0.15, -0.1) is 0 Å². The van der Waals surface area contributed by atoms with Crippen molar-refractivity contribution in [3.63, 3.8) is 0 Å². The van der Waals surface area contributed by atoms with E-state index in [0.29, 0.717) is 35.3 Å². The zero-order valence-electron chi connectivity index (χ0n) is 14.4. The van der Waals surface area contributed by atoms with Gasteiger partial charge in [0.05, 0.1) is 7.11 Å². The van der Waals surface area contributed by atoms with E-state index in [1.165, 1.54) is 0 Å². The number of methoxy groups -OCH3 is 1. The molecule has 0 aromatic heterocycles. The summed E-state index contributed by atoms with van der Waals surface area (Å²) in [7, 11) is 1.57. The molecular formula is C19H20Cl2N2O3. The van der Waals surface area contributed by atoms with Gasteiger partial charge in [0.25, 0.3) is 0 Å². The van der Waals surface area contributed by atoms with E-state index >= 15 is 0 Å². The molecule has 26 heavy (non-hydrogen) atoms. The van der Waals surface area contributed by atoms with Crippen LogP contribution >= 0.6 is 23.2 Å². The largest absolute Gasteiger partial charge is 0.496 e. The molecule has 2 aromatic carbocycles. The molecule has 0 radical (unpaired) electrons. The number of halogens is 2. The molecule has 0 aliphatic heterocycles. The van der Waals surface area contributed by atoms with E-state index in [1.807, 2.05) is 30.3 Å². The fourth-order valence-corrected chi connectivity index (χ4v) is 2.88. The van der Waals surface area contributed by atoms with Crippen LogP contribution in [0.3, 0.4) is 0 Å². The van der Waals surface area contributed by atoms with Crippen molar-refractivity contribution in [3.8, 4) is 5.75 Å². The minimum absolute atomic E-state index is 0.233. The topological polar surface area (TPSA) is 67.4 Å². The summed E-state index contributed by atoms with van der Waals surface area (Å²) in [6.45, 7) is 0.691. The molecule has 0 atom stereocenters. The Balaban J connectivity index is 1.72. The minimum Gasteiger partial charge on any atom is -0.496 e. The Morgan fingerprint density at radius 3 is 2.46 bits per heavy atom. The molecule has 0 aliphatic rings. The Morgan fingerprint density at radius 1 is 1.00 bits per heavy atom. The van der Waals surface area contributed by atoms with Crippen LogP contribution in [0.5, 0.6) is 5.75 Å². The maximum atomic E-state index is 11.9. The molecule has 0 heterocycles. The molecule has 2 amide bonds. The molecule has 2 N–H and O–H groups in total. The summed E-state index contributed by atoms with van der Waals surface area (Å²) < 4.78 is 5.22. The third kappa shape index (κ3) is 6.24. The Kier molecular flexibility index (Phi) is 7.75. The number of rotatable bonds is 8. The van der Waals surface area contributed by atoms with Gasteiger partial charge in [0.2, 0.25) is 11.8 Å². The van der Waals surface area contributed by atoms with Crippen LogP contribution in [0.4, 0.5) is 0 Å². The zero-order valence-corrected chi connectivity index (χ0v) is 15.9. The van der Waals surface area contributed by atoms with Crippen LogP contribution < -0.4 is 15.4 Å². The van der Waals surface area contributed by atoms with Crippen LogP contribution in [0, 0.1) is 0 Å². The highest BCUT2D eigenvalue weighted by molar-refractivity contribution is 6.35. The summed E-state index contributed by atoms with van der Waals surface area (Å²) >= 11 is 11.9. The highest BCUT2D eigenvalue weighted by atomic mass is 35.5. The van der Waals surface area contributed by atoms with E-state index in [1.54, 1.807) is 19.2 Å². The number of para-hydroxylation sites is 1. The second-order valence-electron chi connectivity index (χ2n) is 5.60.